The van der Waals surface area contributed by atoms with Crippen molar-refractivity contribution < 1.29 is 14.3 Å². The number of rotatable bonds is 8. The molecule has 156 valence electrons. The average Bonchev–Trinajstić information content (AvgIpc) is 2.73. The summed E-state index contributed by atoms with van der Waals surface area (Å²) in [5, 5.41) is 3.23. The molecule has 0 bridgehead atoms. The number of nitrogens with zero attached hydrogens (tertiary/aromatic N) is 1. The second-order valence-electron chi connectivity index (χ2n) is 7.91. The Morgan fingerprint density at radius 3 is 2.34 bits per heavy atom. The largest absolute Gasteiger partial charge is 0.379 e. The van der Waals surface area contributed by atoms with E-state index < -0.39 is 0 Å². The molecule has 3 rings (SSSR count). The Bertz CT molecular complexity index is 766. The zero-order valence-electron chi connectivity index (χ0n) is 17.7. The summed E-state index contributed by atoms with van der Waals surface area (Å²) in [6.45, 7) is 10.7. The Kier molecular flexibility index (Phi) is 7.81. The third-order valence-corrected chi connectivity index (χ3v) is 5.13. The molecule has 5 nitrogen and oxygen atoms in total. The number of aryl methyl sites for hydroxylation is 1. The first-order valence-electron chi connectivity index (χ1n) is 10.4. The van der Waals surface area contributed by atoms with Crippen molar-refractivity contribution in [2.24, 2.45) is 0 Å². The number of amides is 1. The fraction of sp³-hybridized carbons (Fsp3) is 0.458. The lowest BCUT2D eigenvalue weighted by atomic mass is 10.0. The summed E-state index contributed by atoms with van der Waals surface area (Å²) >= 11 is 0. The first-order valence-corrected chi connectivity index (χ1v) is 10.4. The molecule has 5 heteroatoms. The molecular formula is C24H32N2O3. The van der Waals surface area contributed by atoms with Gasteiger partial charge in [0.1, 0.15) is 0 Å². The fourth-order valence-corrected chi connectivity index (χ4v) is 3.33. The second-order valence-corrected chi connectivity index (χ2v) is 7.91. The molecule has 0 saturated carbocycles. The van der Waals surface area contributed by atoms with E-state index in [2.05, 4.69) is 41.4 Å². The highest BCUT2D eigenvalue weighted by atomic mass is 16.5. The van der Waals surface area contributed by atoms with Gasteiger partial charge in [-0.1, -0.05) is 42.0 Å². The fourth-order valence-electron chi connectivity index (χ4n) is 3.33. The van der Waals surface area contributed by atoms with Gasteiger partial charge < -0.3 is 14.8 Å². The van der Waals surface area contributed by atoms with Crippen LogP contribution < -0.4 is 5.32 Å². The van der Waals surface area contributed by atoms with E-state index in [0.29, 0.717) is 12.2 Å². The van der Waals surface area contributed by atoms with Gasteiger partial charge in [-0.3, -0.25) is 9.69 Å². The molecule has 1 fully saturated rings. The van der Waals surface area contributed by atoms with Gasteiger partial charge >= 0.3 is 0 Å². The van der Waals surface area contributed by atoms with Crippen LogP contribution in [0, 0.1) is 6.92 Å². The van der Waals surface area contributed by atoms with E-state index in [1.54, 1.807) is 0 Å². The first-order chi connectivity index (χ1) is 14.0. The molecule has 1 amide bonds. The summed E-state index contributed by atoms with van der Waals surface area (Å²) < 4.78 is 11.1. The highest BCUT2D eigenvalue weighted by Gasteiger charge is 2.21. The van der Waals surface area contributed by atoms with Crippen molar-refractivity contribution in [3.05, 3.63) is 70.8 Å². The van der Waals surface area contributed by atoms with Gasteiger partial charge in [0.15, 0.2) is 0 Å². The monoisotopic (exact) mass is 396 g/mol. The van der Waals surface area contributed by atoms with Gasteiger partial charge in [0, 0.05) is 25.2 Å². The van der Waals surface area contributed by atoms with E-state index in [1.807, 2.05) is 38.1 Å². The minimum atomic E-state index is -0.0647. The number of nitrogens with one attached hydrogen (secondary N) is 1. The number of carbonyl (C=O) groups is 1. The Balaban J connectivity index is 1.68. The molecule has 1 atom stereocenters. The Labute approximate surface area is 174 Å². The predicted octanol–water partition coefficient (Wildman–Crippen LogP) is 3.72. The molecule has 2 aromatic rings. The summed E-state index contributed by atoms with van der Waals surface area (Å²) in [5.74, 6) is -0.0554. The molecule has 29 heavy (non-hydrogen) atoms. The maximum absolute atomic E-state index is 12.9. The van der Waals surface area contributed by atoms with E-state index in [1.165, 1.54) is 5.56 Å². The summed E-state index contributed by atoms with van der Waals surface area (Å²) in [5.41, 5.74) is 4.07. The van der Waals surface area contributed by atoms with Crippen molar-refractivity contribution in [2.75, 3.05) is 32.8 Å². The SMILES string of the molecule is Cc1ccc([C@H](CN2CCOCC2)NC(=O)c2ccc(COC(C)C)cc2)cc1. The number of morpholine rings is 1. The van der Waals surface area contributed by atoms with Crippen LogP contribution in [-0.2, 0) is 16.1 Å². The molecular weight excluding hydrogens is 364 g/mol. The molecule has 0 spiro atoms. The Morgan fingerprint density at radius 2 is 1.72 bits per heavy atom. The standard InChI is InChI=1S/C24H32N2O3/c1-18(2)29-17-20-6-10-22(11-7-20)24(27)25-23(16-26-12-14-28-15-13-26)21-8-4-19(3)5-9-21/h4-11,18,23H,12-17H2,1-3H3,(H,25,27)/t23-/m0/s1. The first kappa shape index (κ1) is 21.5. The Hall–Kier alpha value is -2.21. The van der Waals surface area contributed by atoms with Crippen LogP contribution in [0.2, 0.25) is 0 Å². The molecule has 1 aliphatic heterocycles. The van der Waals surface area contributed by atoms with Crippen LogP contribution in [0.15, 0.2) is 48.5 Å². The smallest absolute Gasteiger partial charge is 0.251 e. The third-order valence-electron chi connectivity index (χ3n) is 5.13. The molecule has 1 aliphatic rings. The molecule has 0 aromatic heterocycles. The lowest BCUT2D eigenvalue weighted by Crippen LogP contribution is -2.43. The van der Waals surface area contributed by atoms with Gasteiger partial charge in [-0.05, 0) is 44.0 Å². The van der Waals surface area contributed by atoms with E-state index in [-0.39, 0.29) is 18.1 Å². The van der Waals surface area contributed by atoms with Gasteiger partial charge in [0.25, 0.3) is 5.91 Å². The Morgan fingerprint density at radius 1 is 1.07 bits per heavy atom. The van der Waals surface area contributed by atoms with Crippen molar-refractivity contribution in [1.29, 1.82) is 0 Å². The molecule has 2 aromatic carbocycles. The van der Waals surface area contributed by atoms with Gasteiger partial charge in [-0.25, -0.2) is 0 Å². The van der Waals surface area contributed by atoms with Crippen molar-refractivity contribution in [1.82, 2.24) is 10.2 Å². The minimum Gasteiger partial charge on any atom is -0.379 e. The van der Waals surface area contributed by atoms with Gasteiger partial charge in [0.05, 0.1) is 32.0 Å². The zero-order chi connectivity index (χ0) is 20.6. The van der Waals surface area contributed by atoms with Gasteiger partial charge in [0.2, 0.25) is 0 Å². The van der Waals surface area contributed by atoms with Crippen molar-refractivity contribution in [3.63, 3.8) is 0 Å². The highest BCUT2D eigenvalue weighted by molar-refractivity contribution is 5.94. The summed E-state index contributed by atoms with van der Waals surface area (Å²) in [4.78, 5) is 15.3. The lowest BCUT2D eigenvalue weighted by molar-refractivity contribution is 0.0332. The van der Waals surface area contributed by atoms with E-state index in [0.717, 1.165) is 44.0 Å². The normalized spacial score (nSPS) is 16.0. The second kappa shape index (κ2) is 10.5. The molecule has 0 aliphatic carbocycles. The molecule has 1 saturated heterocycles. The van der Waals surface area contributed by atoms with Gasteiger partial charge in [-0.2, -0.15) is 0 Å². The number of hydrogen-bond donors (Lipinski definition) is 1. The topological polar surface area (TPSA) is 50.8 Å². The molecule has 0 radical (unpaired) electrons. The lowest BCUT2D eigenvalue weighted by Gasteiger charge is -2.31. The molecule has 1 N–H and O–H groups in total. The molecule has 0 unspecified atom stereocenters. The van der Waals surface area contributed by atoms with E-state index >= 15 is 0 Å². The van der Waals surface area contributed by atoms with Crippen LogP contribution in [0.25, 0.3) is 0 Å². The summed E-state index contributed by atoms with van der Waals surface area (Å²) in [6, 6.07) is 16.0. The number of ether oxygens (including phenoxy) is 2. The van der Waals surface area contributed by atoms with Crippen LogP contribution in [-0.4, -0.2) is 49.8 Å². The van der Waals surface area contributed by atoms with Crippen LogP contribution in [0.3, 0.4) is 0 Å². The predicted molar refractivity (Wildman–Crippen MR) is 115 cm³/mol. The van der Waals surface area contributed by atoms with E-state index in [9.17, 15) is 4.79 Å². The highest BCUT2D eigenvalue weighted by Crippen LogP contribution is 2.18. The third kappa shape index (κ3) is 6.67. The maximum atomic E-state index is 12.9. The van der Waals surface area contributed by atoms with Crippen LogP contribution in [0.5, 0.6) is 0 Å². The van der Waals surface area contributed by atoms with Crippen molar-refractivity contribution >= 4 is 5.91 Å². The van der Waals surface area contributed by atoms with Crippen molar-refractivity contribution in [2.45, 2.75) is 39.5 Å². The van der Waals surface area contributed by atoms with Gasteiger partial charge in [-0.15, -0.1) is 0 Å². The van der Waals surface area contributed by atoms with E-state index in [4.69, 9.17) is 9.47 Å². The van der Waals surface area contributed by atoms with Crippen LogP contribution in [0.1, 0.15) is 46.9 Å². The number of carbonyl (C=O) groups excluding carboxylic acids is 1. The summed E-state index contributed by atoms with van der Waals surface area (Å²) in [6.07, 6.45) is 0.188. The van der Waals surface area contributed by atoms with Crippen molar-refractivity contribution in [3.8, 4) is 0 Å². The quantitative estimate of drug-likeness (QED) is 0.739. The minimum absolute atomic E-state index is 0.0554. The van der Waals surface area contributed by atoms with Crippen LogP contribution in [0.4, 0.5) is 0 Å². The molecule has 1 heterocycles. The number of benzene rings is 2. The van der Waals surface area contributed by atoms with Crippen LogP contribution >= 0.6 is 0 Å². The summed E-state index contributed by atoms with van der Waals surface area (Å²) in [7, 11) is 0. The maximum Gasteiger partial charge on any atom is 0.251 e. The number of hydrogen-bond acceptors (Lipinski definition) is 4. The zero-order valence-corrected chi connectivity index (χ0v) is 17.7. The average molecular weight is 397 g/mol.